The summed E-state index contributed by atoms with van der Waals surface area (Å²) in [4.78, 5) is 15.8. The first-order valence-corrected chi connectivity index (χ1v) is 10.3. The van der Waals surface area contributed by atoms with Gasteiger partial charge in [0.2, 0.25) is 10.0 Å². The lowest BCUT2D eigenvalue weighted by molar-refractivity contribution is 0.0691. The molecule has 0 atom stereocenters. The molecule has 1 amide bonds. The molecule has 0 aliphatic carbocycles. The van der Waals surface area contributed by atoms with Crippen molar-refractivity contribution in [1.29, 1.82) is 0 Å². The van der Waals surface area contributed by atoms with Gasteiger partial charge in [-0.05, 0) is 30.3 Å². The van der Waals surface area contributed by atoms with Crippen molar-refractivity contribution in [2.75, 3.05) is 45.2 Å². The monoisotopic (exact) mass is 427 g/mol. The van der Waals surface area contributed by atoms with Crippen LogP contribution in [0.1, 0.15) is 10.5 Å². The molecule has 11 heteroatoms. The van der Waals surface area contributed by atoms with Crippen LogP contribution in [0.25, 0.3) is 0 Å². The number of hydrogen-bond acceptors (Lipinski definition) is 6. The van der Waals surface area contributed by atoms with Crippen LogP contribution in [0.15, 0.2) is 35.2 Å². The maximum absolute atomic E-state index is 13.3. The molecule has 150 valence electrons. The summed E-state index contributed by atoms with van der Waals surface area (Å²) in [6.45, 7) is 0.659. The number of carbonyl (C=O) groups is 1. The number of piperazine rings is 1. The molecule has 1 saturated heterocycles. The molecule has 2 heterocycles. The highest BCUT2D eigenvalue weighted by molar-refractivity contribution is 7.89. The van der Waals surface area contributed by atoms with Gasteiger partial charge >= 0.3 is 0 Å². The summed E-state index contributed by atoms with van der Waals surface area (Å²) in [6.07, 6.45) is 0. The van der Waals surface area contributed by atoms with Gasteiger partial charge < -0.3 is 9.80 Å². The first kappa shape index (κ1) is 20.4. The zero-order chi connectivity index (χ0) is 20.5. The second-order valence-corrected chi connectivity index (χ2v) is 8.79. The van der Waals surface area contributed by atoms with E-state index in [0.29, 0.717) is 5.82 Å². The molecule has 1 aliphatic rings. The zero-order valence-electron chi connectivity index (χ0n) is 15.3. The fraction of sp³-hybridized carbons (Fsp3) is 0.353. The molecule has 28 heavy (non-hydrogen) atoms. The summed E-state index contributed by atoms with van der Waals surface area (Å²) in [7, 11) is -0.182. The first-order valence-electron chi connectivity index (χ1n) is 8.45. The summed E-state index contributed by atoms with van der Waals surface area (Å²) < 4.78 is 40.0. The van der Waals surface area contributed by atoms with Crippen molar-refractivity contribution in [3.63, 3.8) is 0 Å². The zero-order valence-corrected chi connectivity index (χ0v) is 16.9. The maximum atomic E-state index is 13.3. The Kier molecular flexibility index (Phi) is 5.82. The van der Waals surface area contributed by atoms with Crippen LogP contribution in [0.2, 0.25) is 5.02 Å². The molecule has 0 N–H and O–H groups in total. The van der Waals surface area contributed by atoms with E-state index in [4.69, 9.17) is 11.6 Å². The fourth-order valence-electron chi connectivity index (χ4n) is 2.76. The number of anilines is 1. The number of amides is 1. The van der Waals surface area contributed by atoms with E-state index in [1.807, 2.05) is 14.1 Å². The smallest absolute Gasteiger partial charge is 0.274 e. The van der Waals surface area contributed by atoms with E-state index in [9.17, 15) is 17.6 Å². The van der Waals surface area contributed by atoms with E-state index in [2.05, 4.69) is 10.2 Å². The molecule has 0 radical (unpaired) electrons. The average Bonchev–Trinajstić information content (AvgIpc) is 2.69. The van der Waals surface area contributed by atoms with E-state index < -0.39 is 15.8 Å². The van der Waals surface area contributed by atoms with Crippen molar-refractivity contribution in [2.45, 2.75) is 4.90 Å². The average molecular weight is 428 g/mol. The van der Waals surface area contributed by atoms with E-state index in [-0.39, 0.29) is 47.7 Å². The lowest BCUT2D eigenvalue weighted by Gasteiger charge is -2.33. The lowest BCUT2D eigenvalue weighted by Crippen LogP contribution is -2.50. The van der Waals surface area contributed by atoms with Gasteiger partial charge in [-0.15, -0.1) is 10.2 Å². The number of nitrogens with zero attached hydrogens (tertiary/aromatic N) is 5. The molecule has 1 fully saturated rings. The van der Waals surface area contributed by atoms with Crippen molar-refractivity contribution in [3.05, 3.63) is 46.9 Å². The predicted molar refractivity (Wildman–Crippen MR) is 102 cm³/mol. The van der Waals surface area contributed by atoms with E-state index in [1.165, 1.54) is 15.3 Å². The van der Waals surface area contributed by atoms with Crippen molar-refractivity contribution in [2.24, 2.45) is 0 Å². The van der Waals surface area contributed by atoms with Crippen LogP contribution in [-0.2, 0) is 10.0 Å². The number of rotatable bonds is 4. The highest BCUT2D eigenvalue weighted by Gasteiger charge is 2.31. The van der Waals surface area contributed by atoms with E-state index >= 15 is 0 Å². The van der Waals surface area contributed by atoms with Gasteiger partial charge in [0.1, 0.15) is 5.82 Å². The summed E-state index contributed by atoms with van der Waals surface area (Å²) in [5.41, 5.74) is 0.201. The standard InChI is InChI=1S/C17H19ClFN5O3S/c1-22(2)16-6-5-15(20-21-16)17(25)23-7-9-24(10-8-23)28(26,27)12-3-4-14(19)13(18)11-12/h3-6,11H,7-10H2,1-2H3. The van der Waals surface area contributed by atoms with E-state index in [0.717, 1.165) is 12.1 Å². The highest BCUT2D eigenvalue weighted by Crippen LogP contribution is 2.23. The fourth-order valence-corrected chi connectivity index (χ4v) is 4.45. The summed E-state index contributed by atoms with van der Waals surface area (Å²) in [5, 5.41) is 7.67. The minimum absolute atomic E-state index is 0.0798. The Morgan fingerprint density at radius 3 is 2.32 bits per heavy atom. The molecule has 1 aromatic carbocycles. The Balaban J connectivity index is 1.68. The number of carbonyl (C=O) groups excluding carboxylic acids is 1. The molecule has 0 saturated carbocycles. The Morgan fingerprint density at radius 1 is 1.11 bits per heavy atom. The van der Waals surface area contributed by atoms with Crippen LogP contribution in [0, 0.1) is 5.82 Å². The lowest BCUT2D eigenvalue weighted by atomic mass is 10.3. The second kappa shape index (κ2) is 7.98. The summed E-state index contributed by atoms with van der Waals surface area (Å²) >= 11 is 5.70. The van der Waals surface area contributed by atoms with E-state index in [1.54, 1.807) is 17.0 Å². The van der Waals surface area contributed by atoms with Crippen molar-refractivity contribution >= 4 is 33.3 Å². The summed E-state index contributed by atoms with van der Waals surface area (Å²) in [6, 6.07) is 6.57. The Hall–Kier alpha value is -2.30. The topological polar surface area (TPSA) is 86.7 Å². The molecule has 1 aromatic heterocycles. The molecule has 3 rings (SSSR count). The number of hydrogen-bond donors (Lipinski definition) is 0. The van der Waals surface area contributed by atoms with Crippen LogP contribution >= 0.6 is 11.6 Å². The number of benzene rings is 1. The van der Waals surface area contributed by atoms with Crippen LogP contribution < -0.4 is 4.90 Å². The number of sulfonamides is 1. The van der Waals surface area contributed by atoms with Gasteiger partial charge in [-0.1, -0.05) is 11.6 Å². The minimum Gasteiger partial charge on any atom is -0.361 e. The van der Waals surface area contributed by atoms with Crippen LogP contribution in [0.4, 0.5) is 10.2 Å². The molecular weight excluding hydrogens is 409 g/mol. The predicted octanol–water partition coefficient (Wildman–Crippen LogP) is 1.48. The second-order valence-electron chi connectivity index (χ2n) is 6.44. The quantitative estimate of drug-likeness (QED) is 0.734. The molecule has 8 nitrogen and oxygen atoms in total. The van der Waals surface area contributed by atoms with Gasteiger partial charge in [-0.3, -0.25) is 4.79 Å². The van der Waals surface area contributed by atoms with Gasteiger partial charge in [0, 0.05) is 40.3 Å². The van der Waals surface area contributed by atoms with Gasteiger partial charge in [-0.2, -0.15) is 4.31 Å². The van der Waals surface area contributed by atoms with Crippen LogP contribution in [0.3, 0.4) is 0 Å². The molecule has 1 aliphatic heterocycles. The summed E-state index contributed by atoms with van der Waals surface area (Å²) in [5.74, 6) is -0.359. The Bertz CT molecular complexity index is 977. The SMILES string of the molecule is CN(C)c1ccc(C(=O)N2CCN(S(=O)(=O)c3ccc(F)c(Cl)c3)CC2)nn1. The maximum Gasteiger partial charge on any atom is 0.274 e. The molecule has 0 bridgehead atoms. The molecule has 0 unspecified atom stereocenters. The van der Waals surface area contributed by atoms with Gasteiger partial charge in [0.15, 0.2) is 11.5 Å². The third-order valence-electron chi connectivity index (χ3n) is 4.38. The van der Waals surface area contributed by atoms with Crippen molar-refractivity contribution in [3.8, 4) is 0 Å². The first-order chi connectivity index (χ1) is 13.2. The van der Waals surface area contributed by atoms with Crippen molar-refractivity contribution < 1.29 is 17.6 Å². The van der Waals surface area contributed by atoms with Gasteiger partial charge in [0.25, 0.3) is 5.91 Å². The highest BCUT2D eigenvalue weighted by atomic mass is 35.5. The number of halogens is 2. The molecular formula is C17H19ClFN5O3S. The Labute approximate surface area is 167 Å². The number of aromatic nitrogens is 2. The largest absolute Gasteiger partial charge is 0.361 e. The minimum atomic E-state index is -3.82. The van der Waals surface area contributed by atoms with Crippen LogP contribution in [0.5, 0.6) is 0 Å². The van der Waals surface area contributed by atoms with Crippen molar-refractivity contribution in [1.82, 2.24) is 19.4 Å². The third-order valence-corrected chi connectivity index (χ3v) is 6.57. The molecule has 0 spiro atoms. The normalized spacial score (nSPS) is 15.5. The van der Waals surface area contributed by atoms with Gasteiger partial charge in [-0.25, -0.2) is 12.8 Å². The van der Waals surface area contributed by atoms with Crippen LogP contribution in [-0.4, -0.2) is 74.0 Å². The van der Waals surface area contributed by atoms with Gasteiger partial charge in [0.05, 0.1) is 9.92 Å². The Morgan fingerprint density at radius 2 is 1.79 bits per heavy atom. The molecule has 2 aromatic rings. The third kappa shape index (κ3) is 4.08.